The highest BCUT2D eigenvalue weighted by molar-refractivity contribution is 6.12. The van der Waals surface area contributed by atoms with Gasteiger partial charge in [0.15, 0.2) is 0 Å². The fourth-order valence-electron chi connectivity index (χ4n) is 5.60. The summed E-state index contributed by atoms with van der Waals surface area (Å²) in [7, 11) is 0. The number of allylic oxidation sites excluding steroid dienone is 7. The van der Waals surface area contributed by atoms with Crippen LogP contribution in [-0.4, -0.2) is 0 Å². The van der Waals surface area contributed by atoms with E-state index in [1.165, 1.54) is 12.0 Å². The molecule has 4 heteroatoms. The van der Waals surface area contributed by atoms with E-state index in [4.69, 9.17) is 15.3 Å². The molecule has 0 radical (unpaired) electrons. The second-order valence-corrected chi connectivity index (χ2v) is 10.7. The maximum Gasteiger partial charge on any atom is 0.136 e. The van der Waals surface area contributed by atoms with Gasteiger partial charge in [0.05, 0.1) is 17.1 Å². The lowest BCUT2D eigenvalue weighted by molar-refractivity contribution is 0.789. The highest BCUT2D eigenvalue weighted by atomic mass is 15.1. The molecule has 0 bridgehead atoms. The summed E-state index contributed by atoms with van der Waals surface area (Å²) in [6, 6.07) is 25.2. The zero-order valence-corrected chi connectivity index (χ0v) is 24.3. The van der Waals surface area contributed by atoms with Gasteiger partial charge in [-0.05, 0) is 83.3 Å². The van der Waals surface area contributed by atoms with Crippen LogP contribution >= 0.6 is 0 Å². The molecule has 0 spiro atoms. The Hall–Kier alpha value is -4.88. The van der Waals surface area contributed by atoms with Crippen molar-refractivity contribution in [1.82, 2.24) is 0 Å². The van der Waals surface area contributed by atoms with Gasteiger partial charge in [-0.2, -0.15) is 10.2 Å². The first-order valence-electron chi connectivity index (χ1n) is 14.9. The van der Waals surface area contributed by atoms with E-state index in [2.05, 4.69) is 115 Å². The maximum absolute atomic E-state index is 4.86. The Morgan fingerprint density at radius 1 is 0.595 bits per heavy atom. The molecular weight excluding hydrogens is 512 g/mol. The van der Waals surface area contributed by atoms with Crippen molar-refractivity contribution < 1.29 is 0 Å². The highest BCUT2D eigenvalue weighted by Gasteiger charge is 2.18. The first kappa shape index (κ1) is 27.3. The lowest BCUT2D eigenvalue weighted by atomic mass is 9.91. The van der Waals surface area contributed by atoms with Gasteiger partial charge in [-0.15, -0.1) is 10.2 Å². The summed E-state index contributed by atoms with van der Waals surface area (Å²) in [5.74, 6) is 0. The minimum atomic E-state index is 0.659. The van der Waals surface area contributed by atoms with Crippen molar-refractivity contribution in [2.24, 2.45) is 20.5 Å². The zero-order chi connectivity index (χ0) is 28.7. The van der Waals surface area contributed by atoms with E-state index in [0.29, 0.717) is 5.70 Å². The Morgan fingerprint density at radius 2 is 1.24 bits per heavy atom. The number of benzene rings is 4. The summed E-state index contributed by atoms with van der Waals surface area (Å²) in [4.78, 5) is 0. The third-order valence-corrected chi connectivity index (χ3v) is 7.71. The molecule has 0 saturated heterocycles. The number of rotatable bonds is 9. The van der Waals surface area contributed by atoms with Gasteiger partial charge in [-0.1, -0.05) is 105 Å². The summed E-state index contributed by atoms with van der Waals surface area (Å²) in [5.41, 5.74) is 14.3. The standard InChI is InChI=1S/C38H34N4/c1-3-9-27-15-21-31(22-16-27)39-41-35-25-19-29-11-5-7-13-33(29)37(35)38-34-14-8-6-12-30(34)20-26-36(38)42-40-32-23-17-28(10-4-2)18-24-32/h5-8,11-15,17,19-21,23,25-26H,3-4,9-10,16,22H2,1-2H3/b41-39+,42-40+. The van der Waals surface area contributed by atoms with Crippen molar-refractivity contribution in [3.8, 4) is 11.1 Å². The lowest BCUT2D eigenvalue weighted by Gasteiger charge is -2.15. The van der Waals surface area contributed by atoms with E-state index in [9.17, 15) is 0 Å². The van der Waals surface area contributed by atoms with Crippen molar-refractivity contribution in [3.05, 3.63) is 131 Å². The molecule has 0 heterocycles. The van der Waals surface area contributed by atoms with Gasteiger partial charge < -0.3 is 0 Å². The van der Waals surface area contributed by atoms with Crippen LogP contribution in [0.15, 0.2) is 152 Å². The second-order valence-electron chi connectivity index (χ2n) is 10.7. The van der Waals surface area contributed by atoms with Crippen molar-refractivity contribution in [3.63, 3.8) is 0 Å². The fraction of sp³-hybridized carbons (Fsp3) is 0.211. The molecule has 0 fully saturated rings. The Morgan fingerprint density at radius 3 is 1.81 bits per heavy atom. The molecule has 0 aromatic heterocycles. The van der Waals surface area contributed by atoms with Crippen LogP contribution in [0.2, 0.25) is 0 Å². The number of nitrogens with zero attached hydrogens (tertiary/aromatic N) is 4. The van der Waals surface area contributed by atoms with Crippen LogP contribution in [0.1, 0.15) is 52.4 Å². The predicted molar refractivity (Wildman–Crippen MR) is 174 cm³/mol. The largest absolute Gasteiger partial charge is 0.155 e. The Labute approximate surface area is 247 Å². The number of azo groups is 2. The number of fused-ring (bicyclic) bond motifs is 2. The summed E-state index contributed by atoms with van der Waals surface area (Å²) >= 11 is 0. The third-order valence-electron chi connectivity index (χ3n) is 7.71. The summed E-state index contributed by atoms with van der Waals surface area (Å²) in [6.07, 6.45) is 14.7. The molecule has 4 aromatic rings. The Bertz CT molecular complexity index is 1920. The molecule has 6 rings (SSSR count). The molecule has 42 heavy (non-hydrogen) atoms. The smallest absolute Gasteiger partial charge is 0.136 e. The molecule has 4 aromatic carbocycles. The van der Waals surface area contributed by atoms with Gasteiger partial charge in [0, 0.05) is 16.7 Å². The third kappa shape index (κ3) is 5.92. The molecule has 0 N–H and O–H groups in total. The van der Waals surface area contributed by atoms with Gasteiger partial charge in [0.25, 0.3) is 0 Å². The lowest BCUT2D eigenvalue weighted by Crippen LogP contribution is -1.91. The van der Waals surface area contributed by atoms with Gasteiger partial charge >= 0.3 is 0 Å². The minimum Gasteiger partial charge on any atom is -0.155 e. The molecule has 2 aliphatic rings. The van der Waals surface area contributed by atoms with E-state index in [1.807, 2.05) is 12.1 Å². The molecule has 206 valence electrons. The van der Waals surface area contributed by atoms with Crippen LogP contribution in [0.25, 0.3) is 32.7 Å². The van der Waals surface area contributed by atoms with E-state index in [1.54, 1.807) is 0 Å². The van der Waals surface area contributed by atoms with Crippen LogP contribution in [-0.2, 0) is 0 Å². The number of hydrogen-bond donors (Lipinski definition) is 0. The molecular formula is C38H34N4. The predicted octanol–water partition coefficient (Wildman–Crippen LogP) is 12.2. The quantitative estimate of drug-likeness (QED) is 0.148. The van der Waals surface area contributed by atoms with Crippen LogP contribution in [0.4, 0.5) is 11.4 Å². The molecule has 0 unspecified atom stereocenters. The molecule has 0 atom stereocenters. The molecule has 2 aliphatic carbocycles. The van der Waals surface area contributed by atoms with Gasteiger partial charge in [-0.25, -0.2) is 0 Å². The van der Waals surface area contributed by atoms with E-state index >= 15 is 0 Å². The highest BCUT2D eigenvalue weighted by Crippen LogP contribution is 2.46. The fourth-order valence-corrected chi connectivity index (χ4v) is 5.60. The van der Waals surface area contributed by atoms with Crippen LogP contribution < -0.4 is 0 Å². The topological polar surface area (TPSA) is 49.4 Å². The van der Waals surface area contributed by atoms with Crippen LogP contribution in [0.3, 0.4) is 0 Å². The molecule has 0 amide bonds. The Balaban J connectivity index is 1.52. The van der Waals surface area contributed by atoms with Crippen LogP contribution in [0.5, 0.6) is 0 Å². The zero-order valence-electron chi connectivity index (χ0n) is 24.3. The summed E-state index contributed by atoms with van der Waals surface area (Å²) in [6.45, 7) is 4.39. The summed E-state index contributed by atoms with van der Waals surface area (Å²) in [5, 5.41) is 23.5. The van der Waals surface area contributed by atoms with E-state index in [-0.39, 0.29) is 0 Å². The first-order chi connectivity index (χ1) is 20.7. The van der Waals surface area contributed by atoms with Crippen molar-refractivity contribution in [2.75, 3.05) is 0 Å². The monoisotopic (exact) mass is 546 g/mol. The SMILES string of the molecule is CCCC1=C=C=C(/N=N/c2ccc3ccccc3c2-c2c(/N=N/C3=CC=C(CCC)CC3)ccc3ccccc23)C=C1. The maximum atomic E-state index is 4.86. The first-order valence-corrected chi connectivity index (χ1v) is 14.9. The summed E-state index contributed by atoms with van der Waals surface area (Å²) < 4.78 is 0. The molecule has 0 aliphatic heterocycles. The molecule has 4 nitrogen and oxygen atoms in total. The van der Waals surface area contributed by atoms with E-state index < -0.39 is 0 Å². The number of hydrogen-bond acceptors (Lipinski definition) is 4. The average Bonchev–Trinajstić information content (AvgIpc) is 3.04. The minimum absolute atomic E-state index is 0.659. The van der Waals surface area contributed by atoms with Crippen molar-refractivity contribution >= 4 is 32.9 Å². The van der Waals surface area contributed by atoms with Gasteiger partial charge in [0.2, 0.25) is 0 Å². The second kappa shape index (κ2) is 12.7. The van der Waals surface area contributed by atoms with Crippen molar-refractivity contribution in [2.45, 2.75) is 52.4 Å². The molecule has 0 saturated carbocycles. The Kier molecular flexibility index (Phi) is 8.28. The van der Waals surface area contributed by atoms with E-state index in [0.717, 1.165) is 87.4 Å². The van der Waals surface area contributed by atoms with Crippen molar-refractivity contribution in [1.29, 1.82) is 0 Å². The van der Waals surface area contributed by atoms with Gasteiger partial charge in [0.1, 0.15) is 5.70 Å². The van der Waals surface area contributed by atoms with Crippen LogP contribution in [0, 0.1) is 0 Å². The normalized spacial score (nSPS) is 15.0. The average molecular weight is 547 g/mol. The van der Waals surface area contributed by atoms with Gasteiger partial charge in [-0.3, -0.25) is 0 Å².